The van der Waals surface area contributed by atoms with Crippen molar-refractivity contribution in [3.8, 4) is 0 Å². The largest absolute Gasteiger partial charge is 0.480 e. The van der Waals surface area contributed by atoms with Crippen molar-refractivity contribution in [2.45, 2.75) is 38.2 Å². The molecule has 0 radical (unpaired) electrons. The summed E-state index contributed by atoms with van der Waals surface area (Å²) in [5.74, 6) is -4.12. The zero-order valence-corrected chi connectivity index (χ0v) is 8.56. The quantitative estimate of drug-likeness (QED) is 0.732. The van der Waals surface area contributed by atoms with Gasteiger partial charge in [0.05, 0.1) is 0 Å². The van der Waals surface area contributed by atoms with Gasteiger partial charge in [-0.1, -0.05) is 0 Å². The Kier molecular flexibility index (Phi) is 4.28. The fraction of sp³-hybridized carbons (Fsp3) is 0.750. The molecule has 0 aromatic rings. The molecule has 8 heteroatoms. The normalized spacial score (nSPS) is 14.4. The Bertz CT molecular complexity index is 282. The molecule has 0 aliphatic rings. The van der Waals surface area contributed by atoms with E-state index in [4.69, 9.17) is 5.11 Å². The molecule has 0 bridgehead atoms. The predicted octanol–water partition coefficient (Wildman–Crippen LogP) is 1.26. The van der Waals surface area contributed by atoms with E-state index in [-0.39, 0.29) is 0 Å². The number of alkyl halides is 4. The van der Waals surface area contributed by atoms with Gasteiger partial charge >= 0.3 is 18.1 Å². The summed E-state index contributed by atoms with van der Waals surface area (Å²) in [6.07, 6.45) is -5.93. The minimum atomic E-state index is -5.19. The van der Waals surface area contributed by atoms with E-state index in [9.17, 15) is 27.2 Å². The number of carbonyl (C=O) groups excluding carboxylic acids is 1. The maximum Gasteiger partial charge on any atom is 0.471 e. The molecule has 16 heavy (non-hydrogen) atoms. The Labute approximate surface area is 88.6 Å². The van der Waals surface area contributed by atoms with Crippen LogP contribution in [0.15, 0.2) is 0 Å². The van der Waals surface area contributed by atoms with Crippen molar-refractivity contribution in [1.82, 2.24) is 5.32 Å². The zero-order valence-electron chi connectivity index (χ0n) is 8.56. The van der Waals surface area contributed by atoms with Crippen molar-refractivity contribution in [1.29, 1.82) is 0 Å². The van der Waals surface area contributed by atoms with Crippen molar-refractivity contribution in [2.75, 3.05) is 0 Å². The number of carbonyl (C=O) groups is 2. The van der Waals surface area contributed by atoms with Gasteiger partial charge < -0.3 is 10.4 Å². The Morgan fingerprint density at radius 2 is 1.69 bits per heavy atom. The third-order valence-corrected chi connectivity index (χ3v) is 1.55. The SMILES string of the molecule is CC(C)(F)C[C@H](NC(=O)C(F)(F)F)C(=O)O. The van der Waals surface area contributed by atoms with Crippen molar-refractivity contribution < 1.29 is 32.3 Å². The van der Waals surface area contributed by atoms with Crippen molar-refractivity contribution >= 4 is 11.9 Å². The minimum absolute atomic E-state index is 0.746. The predicted molar refractivity (Wildman–Crippen MR) is 45.4 cm³/mol. The second-order valence-electron chi connectivity index (χ2n) is 3.78. The molecular weight excluding hydrogens is 234 g/mol. The van der Waals surface area contributed by atoms with Crippen LogP contribution in [0.3, 0.4) is 0 Å². The molecule has 0 fully saturated rings. The van der Waals surface area contributed by atoms with Crippen molar-refractivity contribution in [2.24, 2.45) is 0 Å². The number of rotatable bonds is 4. The summed E-state index contributed by atoms with van der Waals surface area (Å²) in [7, 11) is 0. The molecule has 1 amide bonds. The highest BCUT2D eigenvalue weighted by molar-refractivity contribution is 5.86. The van der Waals surface area contributed by atoms with Gasteiger partial charge in [0, 0.05) is 6.42 Å². The lowest BCUT2D eigenvalue weighted by Crippen LogP contribution is -2.48. The van der Waals surface area contributed by atoms with Gasteiger partial charge in [-0.2, -0.15) is 13.2 Å². The lowest BCUT2D eigenvalue weighted by Gasteiger charge is -2.21. The smallest absolute Gasteiger partial charge is 0.471 e. The molecule has 0 saturated heterocycles. The summed E-state index contributed by atoms with van der Waals surface area (Å²) in [6, 6.07) is -1.91. The number of carboxylic acids is 1. The van der Waals surface area contributed by atoms with Gasteiger partial charge in [-0.05, 0) is 13.8 Å². The van der Waals surface area contributed by atoms with E-state index >= 15 is 0 Å². The van der Waals surface area contributed by atoms with Crippen LogP contribution in [0, 0.1) is 0 Å². The Hall–Kier alpha value is -1.34. The van der Waals surface area contributed by atoms with Gasteiger partial charge in [-0.25, -0.2) is 9.18 Å². The summed E-state index contributed by atoms with van der Waals surface area (Å²) in [5, 5.41) is 9.71. The summed E-state index contributed by atoms with van der Waals surface area (Å²) in [6.45, 7) is 2.01. The van der Waals surface area contributed by atoms with Crippen LogP contribution in [-0.2, 0) is 9.59 Å². The van der Waals surface area contributed by atoms with Crippen LogP contribution in [0.5, 0.6) is 0 Å². The third kappa shape index (κ3) is 5.52. The van der Waals surface area contributed by atoms with Gasteiger partial charge in [-0.15, -0.1) is 0 Å². The summed E-state index contributed by atoms with van der Waals surface area (Å²) >= 11 is 0. The zero-order chi connectivity index (χ0) is 13.1. The molecule has 0 aliphatic carbocycles. The fourth-order valence-electron chi connectivity index (χ4n) is 0.926. The molecule has 0 saturated carbocycles. The lowest BCUT2D eigenvalue weighted by molar-refractivity contribution is -0.175. The first-order valence-corrected chi connectivity index (χ1v) is 4.23. The monoisotopic (exact) mass is 245 g/mol. The molecule has 0 unspecified atom stereocenters. The molecular formula is C8H11F4NO3. The van der Waals surface area contributed by atoms with E-state index in [2.05, 4.69) is 0 Å². The second kappa shape index (κ2) is 4.67. The average Bonchev–Trinajstić information content (AvgIpc) is 1.98. The molecule has 0 rings (SSSR count). The molecule has 0 spiro atoms. The van der Waals surface area contributed by atoms with Crippen LogP contribution in [0.1, 0.15) is 20.3 Å². The number of hydrogen-bond donors (Lipinski definition) is 2. The Balaban J connectivity index is 4.60. The maximum atomic E-state index is 13.1. The number of carboxylic acid groups (broad SMARTS) is 1. The average molecular weight is 245 g/mol. The molecule has 2 N–H and O–H groups in total. The number of aliphatic carboxylic acids is 1. The summed E-state index contributed by atoms with van der Waals surface area (Å²) in [4.78, 5) is 20.9. The first kappa shape index (κ1) is 14.7. The molecule has 4 nitrogen and oxygen atoms in total. The second-order valence-corrected chi connectivity index (χ2v) is 3.78. The molecule has 0 aromatic heterocycles. The van der Waals surface area contributed by atoms with E-state index in [0.29, 0.717) is 0 Å². The van der Waals surface area contributed by atoms with Crippen molar-refractivity contribution in [3.05, 3.63) is 0 Å². The van der Waals surface area contributed by atoms with Crippen LogP contribution in [0.25, 0.3) is 0 Å². The fourth-order valence-corrected chi connectivity index (χ4v) is 0.926. The van der Waals surface area contributed by atoms with E-state index in [1.54, 1.807) is 0 Å². The topological polar surface area (TPSA) is 66.4 Å². The molecule has 0 aromatic carbocycles. The van der Waals surface area contributed by atoms with Gasteiger partial charge in [0.1, 0.15) is 11.7 Å². The van der Waals surface area contributed by atoms with E-state index < -0.39 is 36.2 Å². The molecule has 1 atom stereocenters. The first-order chi connectivity index (χ1) is 6.93. The van der Waals surface area contributed by atoms with Crippen LogP contribution < -0.4 is 5.32 Å². The van der Waals surface area contributed by atoms with Crippen LogP contribution in [0.2, 0.25) is 0 Å². The number of amides is 1. The number of nitrogens with one attached hydrogen (secondary N) is 1. The third-order valence-electron chi connectivity index (χ3n) is 1.55. The number of hydrogen-bond acceptors (Lipinski definition) is 2. The molecule has 0 heterocycles. The molecule has 94 valence electrons. The Morgan fingerprint density at radius 1 is 1.25 bits per heavy atom. The van der Waals surface area contributed by atoms with Gasteiger partial charge in [0.15, 0.2) is 0 Å². The summed E-state index contributed by atoms with van der Waals surface area (Å²) in [5.41, 5.74) is -2.00. The summed E-state index contributed by atoms with van der Waals surface area (Å²) < 4.78 is 48.5. The first-order valence-electron chi connectivity index (χ1n) is 4.23. The van der Waals surface area contributed by atoms with E-state index in [0.717, 1.165) is 13.8 Å². The van der Waals surface area contributed by atoms with Crippen LogP contribution >= 0.6 is 0 Å². The van der Waals surface area contributed by atoms with Gasteiger partial charge in [-0.3, -0.25) is 4.79 Å². The standard InChI is InChI=1S/C8H11F4NO3/c1-7(2,9)3-4(5(14)15)13-6(16)8(10,11)12/h4H,3H2,1-2H3,(H,13,16)(H,14,15)/t4-/m0/s1. The highest BCUT2D eigenvalue weighted by atomic mass is 19.4. The highest BCUT2D eigenvalue weighted by Crippen LogP contribution is 2.19. The lowest BCUT2D eigenvalue weighted by atomic mass is 10.0. The van der Waals surface area contributed by atoms with Crippen LogP contribution in [-0.4, -0.2) is 34.9 Å². The van der Waals surface area contributed by atoms with E-state index in [1.165, 1.54) is 5.32 Å². The van der Waals surface area contributed by atoms with Crippen LogP contribution in [0.4, 0.5) is 17.6 Å². The minimum Gasteiger partial charge on any atom is -0.480 e. The highest BCUT2D eigenvalue weighted by Gasteiger charge is 2.41. The maximum absolute atomic E-state index is 13.1. The van der Waals surface area contributed by atoms with Crippen molar-refractivity contribution in [3.63, 3.8) is 0 Å². The molecule has 0 aliphatic heterocycles. The Morgan fingerprint density at radius 3 is 1.94 bits per heavy atom. The van der Waals surface area contributed by atoms with E-state index in [1.807, 2.05) is 0 Å². The van der Waals surface area contributed by atoms with Gasteiger partial charge in [0.25, 0.3) is 0 Å². The number of halogens is 4. The van der Waals surface area contributed by atoms with Gasteiger partial charge in [0.2, 0.25) is 0 Å².